The Kier molecular flexibility index (Phi) is 3.49. The van der Waals surface area contributed by atoms with Crippen molar-refractivity contribution in [3.63, 3.8) is 0 Å². The Morgan fingerprint density at radius 1 is 1.00 bits per heavy atom. The normalized spacial score (nSPS) is 32.4. The lowest BCUT2D eigenvalue weighted by Crippen LogP contribution is -2.36. The zero-order chi connectivity index (χ0) is 16.1. The predicted molar refractivity (Wildman–Crippen MR) is 91.7 cm³/mol. The summed E-state index contributed by atoms with van der Waals surface area (Å²) in [5, 5.41) is 0. The molecule has 5 heteroatoms. The average Bonchev–Trinajstić information content (AvgIpc) is 3.00. The second kappa shape index (κ2) is 5.71. The molecular weight excluding hydrogens is 300 g/mol. The third kappa shape index (κ3) is 2.58. The van der Waals surface area contributed by atoms with E-state index in [0.717, 1.165) is 50.3 Å². The molecule has 128 valence electrons. The quantitative estimate of drug-likeness (QED) is 0.856. The molecule has 1 aromatic rings. The van der Waals surface area contributed by atoms with Gasteiger partial charge in [-0.3, -0.25) is 4.79 Å². The standard InChI is InChI=1S/C19H26N4O/c24-19(23-9-14-2-1-3-15(14)10-23)16-6-7-22(11-16)18-8-17(13-4-5-13)20-12-21-18/h8,12-16H,1-7,9-11H2. The van der Waals surface area contributed by atoms with Crippen LogP contribution < -0.4 is 4.90 Å². The van der Waals surface area contributed by atoms with Crippen molar-refractivity contribution in [2.45, 2.75) is 44.4 Å². The van der Waals surface area contributed by atoms with Crippen LogP contribution in [0.3, 0.4) is 0 Å². The summed E-state index contributed by atoms with van der Waals surface area (Å²) in [7, 11) is 0. The first-order chi connectivity index (χ1) is 11.8. The second-order valence-electron chi connectivity index (χ2n) is 8.20. The van der Waals surface area contributed by atoms with Crippen molar-refractivity contribution >= 4 is 11.7 Å². The monoisotopic (exact) mass is 326 g/mol. The summed E-state index contributed by atoms with van der Waals surface area (Å²) in [5.41, 5.74) is 1.18. The van der Waals surface area contributed by atoms with Crippen LogP contribution >= 0.6 is 0 Å². The van der Waals surface area contributed by atoms with Gasteiger partial charge in [-0.1, -0.05) is 6.42 Å². The third-order valence-electron chi connectivity index (χ3n) is 6.57. The molecule has 0 aromatic carbocycles. The molecule has 2 aliphatic carbocycles. The van der Waals surface area contributed by atoms with Gasteiger partial charge in [0, 0.05) is 43.9 Å². The minimum Gasteiger partial charge on any atom is -0.356 e. The van der Waals surface area contributed by atoms with Crippen LogP contribution in [0.25, 0.3) is 0 Å². The van der Waals surface area contributed by atoms with Gasteiger partial charge in [-0.2, -0.15) is 0 Å². The van der Waals surface area contributed by atoms with E-state index in [9.17, 15) is 4.79 Å². The minimum absolute atomic E-state index is 0.156. The van der Waals surface area contributed by atoms with Gasteiger partial charge < -0.3 is 9.80 Å². The maximum Gasteiger partial charge on any atom is 0.227 e. The zero-order valence-electron chi connectivity index (χ0n) is 14.2. The maximum atomic E-state index is 12.9. The molecule has 2 saturated carbocycles. The molecule has 3 unspecified atom stereocenters. The molecule has 3 heterocycles. The van der Waals surface area contributed by atoms with E-state index in [-0.39, 0.29) is 5.92 Å². The Hall–Kier alpha value is -1.65. The van der Waals surface area contributed by atoms with Crippen LogP contribution in [-0.2, 0) is 4.79 Å². The highest BCUT2D eigenvalue weighted by Gasteiger charge is 2.41. The fourth-order valence-electron chi connectivity index (χ4n) is 4.98. The predicted octanol–water partition coefficient (Wildman–Crippen LogP) is 2.44. The highest BCUT2D eigenvalue weighted by Crippen LogP contribution is 2.40. The number of amides is 1. The smallest absolute Gasteiger partial charge is 0.227 e. The summed E-state index contributed by atoms with van der Waals surface area (Å²) in [6.07, 6.45) is 9.20. The van der Waals surface area contributed by atoms with E-state index < -0.39 is 0 Å². The van der Waals surface area contributed by atoms with Gasteiger partial charge in [0.25, 0.3) is 0 Å². The molecule has 1 aromatic heterocycles. The summed E-state index contributed by atoms with van der Waals surface area (Å²) in [6.45, 7) is 3.79. The molecule has 0 bridgehead atoms. The van der Waals surface area contributed by atoms with E-state index in [2.05, 4.69) is 25.8 Å². The number of likely N-dealkylation sites (tertiary alicyclic amines) is 1. The van der Waals surface area contributed by atoms with Gasteiger partial charge >= 0.3 is 0 Å². The molecule has 2 saturated heterocycles. The molecule has 24 heavy (non-hydrogen) atoms. The van der Waals surface area contributed by atoms with Gasteiger partial charge in [0.1, 0.15) is 12.1 Å². The molecule has 5 rings (SSSR count). The van der Waals surface area contributed by atoms with Crippen molar-refractivity contribution in [1.29, 1.82) is 0 Å². The lowest BCUT2D eigenvalue weighted by atomic mass is 10.0. The van der Waals surface area contributed by atoms with Gasteiger partial charge in [-0.15, -0.1) is 0 Å². The fourth-order valence-corrected chi connectivity index (χ4v) is 4.98. The molecule has 3 atom stereocenters. The van der Waals surface area contributed by atoms with E-state index in [4.69, 9.17) is 0 Å². The summed E-state index contributed by atoms with van der Waals surface area (Å²) in [6, 6.07) is 2.14. The van der Waals surface area contributed by atoms with Gasteiger partial charge in [0.05, 0.1) is 5.92 Å². The van der Waals surface area contributed by atoms with E-state index in [1.807, 2.05) is 0 Å². The fraction of sp³-hybridized carbons (Fsp3) is 0.737. The van der Waals surface area contributed by atoms with E-state index >= 15 is 0 Å². The first-order valence-electron chi connectivity index (χ1n) is 9.63. The number of rotatable bonds is 3. The van der Waals surface area contributed by atoms with Gasteiger partial charge in [-0.25, -0.2) is 9.97 Å². The average molecular weight is 326 g/mol. The molecule has 0 N–H and O–H groups in total. The Balaban J connectivity index is 1.24. The number of hydrogen-bond donors (Lipinski definition) is 0. The molecule has 4 aliphatic rings. The zero-order valence-corrected chi connectivity index (χ0v) is 14.2. The molecule has 0 radical (unpaired) electrons. The summed E-state index contributed by atoms with van der Waals surface area (Å²) >= 11 is 0. The van der Waals surface area contributed by atoms with Crippen molar-refractivity contribution in [3.05, 3.63) is 18.1 Å². The van der Waals surface area contributed by atoms with E-state index in [1.54, 1.807) is 6.33 Å². The largest absolute Gasteiger partial charge is 0.356 e. The lowest BCUT2D eigenvalue weighted by molar-refractivity contribution is -0.134. The number of carbonyl (C=O) groups excluding carboxylic acids is 1. The maximum absolute atomic E-state index is 12.9. The second-order valence-corrected chi connectivity index (χ2v) is 8.20. The number of aromatic nitrogens is 2. The highest BCUT2D eigenvalue weighted by atomic mass is 16.2. The van der Waals surface area contributed by atoms with Crippen LogP contribution in [0.1, 0.15) is 50.1 Å². The highest BCUT2D eigenvalue weighted by molar-refractivity contribution is 5.80. The first kappa shape index (κ1) is 14.7. The number of carbonyl (C=O) groups is 1. The molecule has 4 fully saturated rings. The Morgan fingerprint density at radius 3 is 2.54 bits per heavy atom. The summed E-state index contributed by atoms with van der Waals surface area (Å²) in [4.78, 5) is 26.2. The Morgan fingerprint density at radius 2 is 1.79 bits per heavy atom. The van der Waals surface area contributed by atoms with E-state index in [0.29, 0.717) is 11.8 Å². The topological polar surface area (TPSA) is 49.3 Å². The van der Waals surface area contributed by atoms with Crippen LogP contribution in [0, 0.1) is 17.8 Å². The number of hydrogen-bond acceptors (Lipinski definition) is 4. The summed E-state index contributed by atoms with van der Waals surface area (Å²) < 4.78 is 0. The first-order valence-corrected chi connectivity index (χ1v) is 9.63. The molecule has 0 spiro atoms. The van der Waals surface area contributed by atoms with Crippen molar-refractivity contribution in [2.24, 2.45) is 17.8 Å². The minimum atomic E-state index is 0.156. The lowest BCUT2D eigenvalue weighted by Gasteiger charge is -2.22. The van der Waals surface area contributed by atoms with Crippen LogP contribution in [0.15, 0.2) is 12.4 Å². The van der Waals surface area contributed by atoms with Crippen LogP contribution in [0.2, 0.25) is 0 Å². The van der Waals surface area contributed by atoms with Crippen molar-refractivity contribution in [1.82, 2.24) is 14.9 Å². The molecule has 2 aliphatic heterocycles. The number of anilines is 1. The van der Waals surface area contributed by atoms with Crippen molar-refractivity contribution in [2.75, 3.05) is 31.1 Å². The van der Waals surface area contributed by atoms with Gasteiger partial charge in [0.15, 0.2) is 0 Å². The van der Waals surface area contributed by atoms with Crippen LogP contribution in [-0.4, -0.2) is 47.0 Å². The third-order valence-corrected chi connectivity index (χ3v) is 6.57. The van der Waals surface area contributed by atoms with Gasteiger partial charge in [0.2, 0.25) is 5.91 Å². The van der Waals surface area contributed by atoms with E-state index in [1.165, 1.54) is 37.8 Å². The number of fused-ring (bicyclic) bond motifs is 1. The molecular formula is C19H26N4O. The van der Waals surface area contributed by atoms with Crippen molar-refractivity contribution < 1.29 is 4.79 Å². The Bertz CT molecular complexity index is 632. The van der Waals surface area contributed by atoms with Crippen LogP contribution in [0.5, 0.6) is 0 Å². The van der Waals surface area contributed by atoms with Crippen molar-refractivity contribution in [3.8, 4) is 0 Å². The molecule has 1 amide bonds. The van der Waals surface area contributed by atoms with Crippen LogP contribution in [0.4, 0.5) is 5.82 Å². The van der Waals surface area contributed by atoms with Gasteiger partial charge in [-0.05, 0) is 43.9 Å². The summed E-state index contributed by atoms with van der Waals surface area (Å²) in [5.74, 6) is 3.78. The SMILES string of the molecule is O=C(C1CCN(c2cc(C3CC3)ncn2)C1)N1CC2CCCC2C1. The molecule has 5 nitrogen and oxygen atoms in total. The number of nitrogens with zero attached hydrogens (tertiary/aromatic N) is 4. The Labute approximate surface area is 143 Å².